The Balaban J connectivity index is 1.38. The largest absolute Gasteiger partial charge is 0.361 e. The Labute approximate surface area is 221 Å². The molecule has 1 aromatic carbocycles. The van der Waals surface area contributed by atoms with Crippen LogP contribution in [0.25, 0.3) is 0 Å². The van der Waals surface area contributed by atoms with Crippen molar-refractivity contribution in [2.45, 2.75) is 31.0 Å². The third-order valence-electron chi connectivity index (χ3n) is 7.61. The zero-order valence-corrected chi connectivity index (χ0v) is 21.3. The van der Waals surface area contributed by atoms with Crippen LogP contribution < -0.4 is 10.2 Å². The van der Waals surface area contributed by atoms with E-state index < -0.39 is 35.0 Å². The number of alkyl halides is 1. The average molecular weight is 545 g/mol. The first kappa shape index (κ1) is 24.7. The molecule has 6 rings (SSSR count). The number of hydrogen-bond donors (Lipinski definition) is 1. The number of aromatic nitrogens is 3. The quantitative estimate of drug-likeness (QED) is 0.530. The number of nitrogens with one attached hydrogen (secondary N) is 1. The maximum atomic E-state index is 16.2. The first-order valence-electron chi connectivity index (χ1n) is 12.2. The van der Waals surface area contributed by atoms with Crippen LogP contribution in [0.4, 0.5) is 24.8 Å². The van der Waals surface area contributed by atoms with E-state index in [9.17, 15) is 14.0 Å². The molecule has 1 N–H and O–H groups in total. The lowest BCUT2D eigenvalue weighted by atomic mass is 9.71. The molecule has 0 unspecified atom stereocenters. The molecule has 12 heteroatoms. The van der Waals surface area contributed by atoms with Crippen LogP contribution in [0.3, 0.4) is 0 Å². The molecule has 2 aliphatic heterocycles. The number of pyridine rings is 1. The summed E-state index contributed by atoms with van der Waals surface area (Å²) in [6.07, 6.45) is 2.11. The number of aryl methyl sites for hydroxylation is 1. The molecule has 8 nitrogen and oxygen atoms in total. The van der Waals surface area contributed by atoms with Gasteiger partial charge in [-0.05, 0) is 19.4 Å². The minimum atomic E-state index is -1.34. The number of anilines is 2. The van der Waals surface area contributed by atoms with E-state index in [1.54, 1.807) is 32.3 Å². The second-order valence-electron chi connectivity index (χ2n) is 10.3. The van der Waals surface area contributed by atoms with E-state index in [0.717, 1.165) is 0 Å². The minimum absolute atomic E-state index is 0.00106. The number of amides is 2. The van der Waals surface area contributed by atoms with Gasteiger partial charge in [0.1, 0.15) is 12.0 Å². The Morgan fingerprint density at radius 1 is 1.21 bits per heavy atom. The highest BCUT2D eigenvalue weighted by Crippen LogP contribution is 2.45. The molecule has 4 heterocycles. The van der Waals surface area contributed by atoms with Gasteiger partial charge in [-0.3, -0.25) is 19.2 Å². The summed E-state index contributed by atoms with van der Waals surface area (Å²) in [5.74, 6) is -2.58. The number of carbonyl (C=O) groups is 2. The molecule has 1 saturated carbocycles. The van der Waals surface area contributed by atoms with Crippen LogP contribution in [-0.4, -0.2) is 63.3 Å². The molecule has 2 fully saturated rings. The molecule has 38 heavy (non-hydrogen) atoms. The van der Waals surface area contributed by atoms with Gasteiger partial charge in [-0.15, -0.1) is 0 Å². The highest BCUT2D eigenvalue weighted by Gasteiger charge is 2.49. The normalized spacial score (nSPS) is 24.7. The van der Waals surface area contributed by atoms with Gasteiger partial charge in [0.15, 0.2) is 17.5 Å². The van der Waals surface area contributed by atoms with Gasteiger partial charge < -0.3 is 10.2 Å². The van der Waals surface area contributed by atoms with E-state index in [1.165, 1.54) is 32.8 Å². The SMILES string of the molecule is Cn1ccc(N2C[C@](C)(c3cccc(Cl)c3F)c3c(cnc(NC4CN(C(=O)[C@@H]5C[C@@H]5F)C4)c3F)C2=O)n1. The first-order chi connectivity index (χ1) is 18.1. The summed E-state index contributed by atoms with van der Waals surface area (Å²) < 4.78 is 46.4. The van der Waals surface area contributed by atoms with Crippen molar-refractivity contribution >= 4 is 35.1 Å². The maximum Gasteiger partial charge on any atom is 0.261 e. The zero-order valence-electron chi connectivity index (χ0n) is 20.6. The fraction of sp³-hybridized carbons (Fsp3) is 0.385. The summed E-state index contributed by atoms with van der Waals surface area (Å²) in [5, 5.41) is 7.19. The van der Waals surface area contributed by atoms with Crippen LogP contribution in [0.1, 0.15) is 34.8 Å². The molecule has 0 bridgehead atoms. The Bertz CT molecular complexity index is 1480. The first-order valence-corrected chi connectivity index (χ1v) is 12.6. The van der Waals surface area contributed by atoms with Crippen LogP contribution in [0.2, 0.25) is 5.02 Å². The van der Waals surface area contributed by atoms with Gasteiger partial charge in [-0.25, -0.2) is 18.2 Å². The standard InChI is InChI=1S/C26H24ClF3N6O2/c1-26(16-4-3-5-17(27)21(16)29)12-36(19-6-7-34(2)33-19)25(38)15-9-31-23(22(30)20(15)26)32-13-10-35(11-13)24(37)14-8-18(14)28/h3-7,9,13-14,18H,8,10-12H2,1-2H3,(H,31,32)/t14-,18+,26-/m1/s1. The van der Waals surface area contributed by atoms with E-state index in [-0.39, 0.29) is 65.5 Å². The van der Waals surface area contributed by atoms with Gasteiger partial charge in [-0.2, -0.15) is 5.10 Å². The molecular weight excluding hydrogens is 521 g/mol. The molecule has 2 aromatic heterocycles. The predicted molar refractivity (Wildman–Crippen MR) is 134 cm³/mol. The van der Waals surface area contributed by atoms with Crippen LogP contribution in [0.5, 0.6) is 0 Å². The van der Waals surface area contributed by atoms with Crippen molar-refractivity contribution < 1.29 is 22.8 Å². The summed E-state index contributed by atoms with van der Waals surface area (Å²) in [6.45, 7) is 2.13. The molecule has 0 radical (unpaired) electrons. The number of halogens is 4. The van der Waals surface area contributed by atoms with Crippen molar-refractivity contribution in [3.05, 3.63) is 70.0 Å². The van der Waals surface area contributed by atoms with Gasteiger partial charge in [0.2, 0.25) is 5.91 Å². The Morgan fingerprint density at radius 3 is 2.61 bits per heavy atom. The molecule has 3 atom stereocenters. The fourth-order valence-corrected chi connectivity index (χ4v) is 5.56. The summed E-state index contributed by atoms with van der Waals surface area (Å²) in [6, 6.07) is 5.85. The smallest absolute Gasteiger partial charge is 0.261 e. The van der Waals surface area contributed by atoms with Crippen LogP contribution in [0.15, 0.2) is 36.7 Å². The number of carbonyl (C=O) groups excluding carboxylic acids is 2. The molecular formula is C26H24ClF3N6O2. The minimum Gasteiger partial charge on any atom is -0.361 e. The summed E-state index contributed by atoms with van der Waals surface area (Å²) in [5.41, 5.74) is -1.23. The monoisotopic (exact) mass is 544 g/mol. The van der Waals surface area contributed by atoms with E-state index in [4.69, 9.17) is 11.6 Å². The summed E-state index contributed by atoms with van der Waals surface area (Å²) in [7, 11) is 1.70. The Morgan fingerprint density at radius 2 is 1.95 bits per heavy atom. The predicted octanol–water partition coefficient (Wildman–Crippen LogP) is 3.69. The van der Waals surface area contributed by atoms with E-state index >= 15 is 8.78 Å². The van der Waals surface area contributed by atoms with Gasteiger partial charge in [0.05, 0.1) is 22.5 Å². The van der Waals surface area contributed by atoms with Crippen molar-refractivity contribution in [2.24, 2.45) is 13.0 Å². The number of nitrogens with zero attached hydrogens (tertiary/aromatic N) is 5. The molecule has 0 spiro atoms. The molecule has 1 saturated heterocycles. The summed E-state index contributed by atoms with van der Waals surface area (Å²) in [4.78, 5) is 32.8. The van der Waals surface area contributed by atoms with Gasteiger partial charge in [0, 0.05) is 61.7 Å². The highest BCUT2D eigenvalue weighted by molar-refractivity contribution is 6.30. The molecule has 198 valence electrons. The van der Waals surface area contributed by atoms with Crippen molar-refractivity contribution in [3.63, 3.8) is 0 Å². The second kappa shape index (κ2) is 8.72. The number of fused-ring (bicyclic) bond motifs is 1. The molecule has 1 aliphatic carbocycles. The highest BCUT2D eigenvalue weighted by atomic mass is 35.5. The fourth-order valence-electron chi connectivity index (χ4n) is 5.38. The van der Waals surface area contributed by atoms with Gasteiger partial charge >= 0.3 is 0 Å². The third-order valence-corrected chi connectivity index (χ3v) is 7.90. The number of likely N-dealkylation sites (tertiary alicyclic amines) is 1. The third kappa shape index (κ3) is 3.82. The lowest BCUT2D eigenvalue weighted by molar-refractivity contribution is -0.136. The lowest BCUT2D eigenvalue weighted by Crippen LogP contribution is -2.58. The van der Waals surface area contributed by atoms with E-state index in [0.29, 0.717) is 5.82 Å². The zero-order chi connectivity index (χ0) is 26.9. The number of rotatable bonds is 5. The van der Waals surface area contributed by atoms with Crippen molar-refractivity contribution in [1.29, 1.82) is 0 Å². The van der Waals surface area contributed by atoms with Crippen molar-refractivity contribution in [2.75, 3.05) is 29.9 Å². The van der Waals surface area contributed by atoms with Gasteiger partial charge in [0.25, 0.3) is 5.91 Å². The van der Waals surface area contributed by atoms with E-state index in [1.807, 2.05) is 0 Å². The lowest BCUT2D eigenvalue weighted by Gasteiger charge is -2.42. The van der Waals surface area contributed by atoms with Gasteiger partial charge in [-0.1, -0.05) is 23.7 Å². The Hall–Kier alpha value is -3.60. The summed E-state index contributed by atoms with van der Waals surface area (Å²) >= 11 is 6.10. The molecule has 2 amide bonds. The number of benzene rings is 1. The Kier molecular flexibility index (Phi) is 5.67. The average Bonchev–Trinajstić information content (AvgIpc) is 3.44. The van der Waals surface area contributed by atoms with Crippen LogP contribution in [-0.2, 0) is 17.3 Å². The van der Waals surface area contributed by atoms with Crippen molar-refractivity contribution in [1.82, 2.24) is 19.7 Å². The molecule has 3 aliphatic rings. The van der Waals surface area contributed by atoms with Crippen LogP contribution in [0, 0.1) is 17.6 Å². The topological polar surface area (TPSA) is 83.4 Å². The van der Waals surface area contributed by atoms with E-state index in [2.05, 4.69) is 15.4 Å². The van der Waals surface area contributed by atoms with Crippen LogP contribution >= 0.6 is 11.6 Å². The number of hydrogen-bond acceptors (Lipinski definition) is 5. The second-order valence-corrected chi connectivity index (χ2v) is 10.7. The molecule has 3 aromatic rings. The van der Waals surface area contributed by atoms with Crippen molar-refractivity contribution in [3.8, 4) is 0 Å². The maximum absolute atomic E-state index is 16.2.